The molecule has 0 amide bonds. The largest absolute Gasteiger partial charge is 0.486 e. The van der Waals surface area contributed by atoms with Crippen molar-refractivity contribution in [3.8, 4) is 0 Å². The first-order valence-electron chi connectivity index (χ1n) is 3.67. The molecule has 1 heterocycles. The Morgan fingerprint density at radius 3 is 2.75 bits per heavy atom. The average Bonchev–Trinajstić information content (AvgIpc) is 2.19. The molecule has 0 saturated heterocycles. The van der Waals surface area contributed by atoms with Gasteiger partial charge in [-0.2, -0.15) is 0 Å². The van der Waals surface area contributed by atoms with Gasteiger partial charge in [-0.1, -0.05) is 0 Å². The van der Waals surface area contributed by atoms with Crippen molar-refractivity contribution in [2.45, 2.75) is 13.8 Å². The van der Waals surface area contributed by atoms with E-state index in [0.29, 0.717) is 24.0 Å². The number of aldehydes is 1. The summed E-state index contributed by atoms with van der Waals surface area (Å²) in [7, 11) is 0. The molecular formula is C9H10O3. The zero-order chi connectivity index (χ0) is 9.14. The molecule has 3 heteroatoms. The summed E-state index contributed by atoms with van der Waals surface area (Å²) in [5.74, 6) is 0.0303. The lowest BCUT2D eigenvalue weighted by Crippen LogP contribution is -2.03. The van der Waals surface area contributed by atoms with Crippen molar-refractivity contribution >= 4 is 12.1 Å². The molecule has 12 heavy (non-hydrogen) atoms. The van der Waals surface area contributed by atoms with Crippen LogP contribution in [0.2, 0.25) is 0 Å². The third kappa shape index (κ3) is 1.44. The summed E-state index contributed by atoms with van der Waals surface area (Å²) in [6.45, 7) is 3.60. The molecule has 1 rings (SSSR count). The first-order chi connectivity index (χ1) is 5.66. The fourth-order valence-electron chi connectivity index (χ4n) is 0.987. The van der Waals surface area contributed by atoms with Crippen LogP contribution in [0.4, 0.5) is 0 Å². The second-order valence-corrected chi connectivity index (χ2v) is 2.63. The fraction of sp³-hybridized carbons (Fsp3) is 0.333. The van der Waals surface area contributed by atoms with E-state index in [2.05, 4.69) is 0 Å². The van der Waals surface area contributed by atoms with Crippen LogP contribution in [0.15, 0.2) is 23.0 Å². The van der Waals surface area contributed by atoms with E-state index in [9.17, 15) is 9.59 Å². The summed E-state index contributed by atoms with van der Waals surface area (Å²) in [6.07, 6.45) is 2.24. The van der Waals surface area contributed by atoms with E-state index >= 15 is 0 Å². The highest BCUT2D eigenvalue weighted by Crippen LogP contribution is 2.14. The Balaban J connectivity index is 3.08. The SMILES string of the molecule is CC1=CCOC(C=O)=C(C)C1=O. The molecule has 1 aliphatic heterocycles. The van der Waals surface area contributed by atoms with Crippen LogP contribution in [0.25, 0.3) is 0 Å². The highest BCUT2D eigenvalue weighted by Gasteiger charge is 2.15. The first kappa shape index (κ1) is 8.71. The zero-order valence-electron chi connectivity index (χ0n) is 7.09. The molecule has 0 spiro atoms. The van der Waals surface area contributed by atoms with Crippen molar-refractivity contribution in [2.75, 3.05) is 6.61 Å². The summed E-state index contributed by atoms with van der Waals surface area (Å²) >= 11 is 0. The molecular weight excluding hydrogens is 156 g/mol. The number of allylic oxidation sites excluding steroid dienone is 3. The second kappa shape index (κ2) is 3.34. The highest BCUT2D eigenvalue weighted by atomic mass is 16.5. The van der Waals surface area contributed by atoms with Crippen LogP contribution in [0.3, 0.4) is 0 Å². The van der Waals surface area contributed by atoms with Gasteiger partial charge in [-0.25, -0.2) is 0 Å². The summed E-state index contributed by atoms with van der Waals surface area (Å²) in [4.78, 5) is 21.8. The van der Waals surface area contributed by atoms with E-state index in [-0.39, 0.29) is 11.5 Å². The molecule has 0 saturated carbocycles. The average molecular weight is 166 g/mol. The van der Waals surface area contributed by atoms with Crippen LogP contribution in [0.5, 0.6) is 0 Å². The summed E-state index contributed by atoms with van der Waals surface area (Å²) in [5, 5.41) is 0. The number of ether oxygens (including phenoxy) is 1. The van der Waals surface area contributed by atoms with Gasteiger partial charge in [-0.05, 0) is 25.5 Å². The Hall–Kier alpha value is -1.38. The number of hydrogen-bond acceptors (Lipinski definition) is 3. The Morgan fingerprint density at radius 2 is 2.17 bits per heavy atom. The van der Waals surface area contributed by atoms with Gasteiger partial charge in [0.25, 0.3) is 0 Å². The molecule has 1 aliphatic rings. The Bertz CT molecular complexity index is 284. The zero-order valence-corrected chi connectivity index (χ0v) is 7.09. The number of hydrogen-bond donors (Lipinski definition) is 0. The standard InChI is InChI=1S/C9H10O3/c1-6-3-4-12-8(5-10)7(2)9(6)11/h3,5H,4H2,1-2H3. The molecule has 0 atom stereocenters. The lowest BCUT2D eigenvalue weighted by molar-refractivity contribution is -0.113. The number of carbonyl (C=O) groups excluding carboxylic acids is 2. The van der Waals surface area contributed by atoms with Crippen LogP contribution in [-0.2, 0) is 14.3 Å². The maximum atomic E-state index is 11.3. The molecule has 0 aromatic carbocycles. The van der Waals surface area contributed by atoms with Crippen LogP contribution in [0.1, 0.15) is 13.8 Å². The molecule has 0 aromatic heterocycles. The molecule has 0 aromatic rings. The van der Waals surface area contributed by atoms with E-state index in [1.54, 1.807) is 19.9 Å². The lowest BCUT2D eigenvalue weighted by Gasteiger charge is -2.01. The Kier molecular flexibility index (Phi) is 2.43. The van der Waals surface area contributed by atoms with Crippen LogP contribution in [-0.4, -0.2) is 18.7 Å². The quantitative estimate of drug-likeness (QED) is 0.546. The molecule has 0 radical (unpaired) electrons. The maximum absolute atomic E-state index is 11.3. The molecule has 0 N–H and O–H groups in total. The molecule has 0 fully saturated rings. The van der Waals surface area contributed by atoms with E-state index in [0.717, 1.165) is 0 Å². The van der Waals surface area contributed by atoms with Crippen molar-refractivity contribution in [1.82, 2.24) is 0 Å². The molecule has 0 unspecified atom stereocenters. The van der Waals surface area contributed by atoms with Gasteiger partial charge in [0, 0.05) is 5.57 Å². The maximum Gasteiger partial charge on any atom is 0.188 e. The molecule has 0 bridgehead atoms. The van der Waals surface area contributed by atoms with Crippen molar-refractivity contribution in [2.24, 2.45) is 0 Å². The number of Topliss-reactive ketones (excluding diaryl/α,β-unsaturated/α-hetero) is 1. The van der Waals surface area contributed by atoms with Crippen molar-refractivity contribution in [3.05, 3.63) is 23.0 Å². The second-order valence-electron chi connectivity index (χ2n) is 2.63. The van der Waals surface area contributed by atoms with Crippen LogP contribution < -0.4 is 0 Å². The Morgan fingerprint density at radius 1 is 1.50 bits per heavy atom. The van der Waals surface area contributed by atoms with E-state index in [1.807, 2.05) is 0 Å². The predicted molar refractivity (Wildman–Crippen MR) is 43.5 cm³/mol. The topological polar surface area (TPSA) is 43.4 Å². The summed E-state index contributed by atoms with van der Waals surface area (Å²) < 4.78 is 5.02. The van der Waals surface area contributed by atoms with Gasteiger partial charge < -0.3 is 4.74 Å². The van der Waals surface area contributed by atoms with Gasteiger partial charge in [-0.15, -0.1) is 0 Å². The van der Waals surface area contributed by atoms with E-state index in [1.165, 1.54) is 0 Å². The molecule has 0 aliphatic carbocycles. The van der Waals surface area contributed by atoms with Crippen LogP contribution in [0, 0.1) is 0 Å². The van der Waals surface area contributed by atoms with Gasteiger partial charge >= 0.3 is 0 Å². The predicted octanol–water partition coefficient (Wildman–Crippen LogP) is 1.00. The minimum absolute atomic E-state index is 0.116. The van der Waals surface area contributed by atoms with E-state index in [4.69, 9.17) is 4.74 Å². The van der Waals surface area contributed by atoms with Crippen molar-refractivity contribution in [3.63, 3.8) is 0 Å². The van der Waals surface area contributed by atoms with Crippen LogP contribution >= 0.6 is 0 Å². The third-order valence-corrected chi connectivity index (χ3v) is 1.80. The monoisotopic (exact) mass is 166 g/mol. The Labute approximate surface area is 70.7 Å². The lowest BCUT2D eigenvalue weighted by atomic mass is 10.1. The summed E-state index contributed by atoms with van der Waals surface area (Å²) in [5.41, 5.74) is 1.01. The first-order valence-corrected chi connectivity index (χ1v) is 3.67. The minimum Gasteiger partial charge on any atom is -0.486 e. The normalized spacial score (nSPS) is 18.2. The fourth-order valence-corrected chi connectivity index (χ4v) is 0.987. The van der Waals surface area contributed by atoms with Gasteiger partial charge in [0.15, 0.2) is 17.8 Å². The van der Waals surface area contributed by atoms with Gasteiger partial charge in [0.05, 0.1) is 0 Å². The molecule has 64 valence electrons. The molecule has 3 nitrogen and oxygen atoms in total. The number of rotatable bonds is 1. The minimum atomic E-state index is -0.116. The third-order valence-electron chi connectivity index (χ3n) is 1.80. The van der Waals surface area contributed by atoms with Gasteiger partial charge in [0.1, 0.15) is 6.61 Å². The number of ketones is 1. The smallest absolute Gasteiger partial charge is 0.188 e. The van der Waals surface area contributed by atoms with Gasteiger partial charge in [-0.3, -0.25) is 9.59 Å². The van der Waals surface area contributed by atoms with Crippen molar-refractivity contribution < 1.29 is 14.3 Å². The summed E-state index contributed by atoms with van der Waals surface area (Å²) in [6, 6.07) is 0. The van der Waals surface area contributed by atoms with Crippen molar-refractivity contribution in [1.29, 1.82) is 0 Å². The van der Waals surface area contributed by atoms with E-state index < -0.39 is 0 Å². The number of carbonyl (C=O) groups is 2. The highest BCUT2D eigenvalue weighted by molar-refractivity contribution is 6.10. The van der Waals surface area contributed by atoms with Gasteiger partial charge in [0.2, 0.25) is 0 Å².